The molecule has 0 aliphatic heterocycles. The molecule has 44 valence electrons. The summed E-state index contributed by atoms with van der Waals surface area (Å²) in [5, 5.41) is 0. The van der Waals surface area contributed by atoms with E-state index < -0.39 is 5.77 Å². The molecule has 0 aliphatic carbocycles. The SMILES string of the molecule is CSP(=O)([O-])SC.[Na+]. The molecule has 0 heterocycles. The first-order valence-corrected chi connectivity index (χ1v) is 6.83. The summed E-state index contributed by atoms with van der Waals surface area (Å²) < 4.78 is 10.3. The normalized spacial score (nSPS) is 10.4. The molecule has 6 heteroatoms. The van der Waals surface area contributed by atoms with Gasteiger partial charge in [-0.15, -0.1) is 22.8 Å². The first kappa shape index (κ1) is 12.6. The Kier molecular flexibility index (Phi) is 8.88. The third kappa shape index (κ3) is 6.02. The van der Waals surface area contributed by atoms with Crippen molar-refractivity contribution in [2.45, 2.75) is 0 Å². The van der Waals surface area contributed by atoms with E-state index in [4.69, 9.17) is 0 Å². The number of rotatable bonds is 2. The smallest absolute Gasteiger partial charge is 0.784 e. The van der Waals surface area contributed by atoms with Crippen LogP contribution in [0.15, 0.2) is 0 Å². The minimum absolute atomic E-state index is 0. The fourth-order valence-electron chi connectivity index (χ4n) is 0.0745. The van der Waals surface area contributed by atoms with Crippen LogP contribution in [-0.4, -0.2) is 12.5 Å². The van der Waals surface area contributed by atoms with Gasteiger partial charge in [0.05, 0.1) is 0 Å². The van der Waals surface area contributed by atoms with Gasteiger partial charge in [0.1, 0.15) is 5.77 Å². The molecule has 0 aliphatic rings. The zero-order valence-electron chi connectivity index (χ0n) is 5.08. The molecule has 0 saturated heterocycles. The Hall–Kier alpha value is 1.89. The zero-order chi connectivity index (χ0) is 5.91. The molecule has 0 aromatic heterocycles. The van der Waals surface area contributed by atoms with Crippen molar-refractivity contribution in [1.82, 2.24) is 0 Å². The van der Waals surface area contributed by atoms with Crippen LogP contribution in [0.2, 0.25) is 0 Å². The Morgan fingerprint density at radius 1 is 1.38 bits per heavy atom. The van der Waals surface area contributed by atoms with Crippen molar-refractivity contribution < 1.29 is 39.0 Å². The predicted octanol–water partition coefficient (Wildman–Crippen LogP) is -1.82. The Balaban J connectivity index is 0. The molecule has 0 saturated carbocycles. The molecule has 0 unspecified atom stereocenters. The van der Waals surface area contributed by atoms with Gasteiger partial charge in [-0.1, -0.05) is 0 Å². The standard InChI is InChI=1S/C2H7O2PS2.Na/c1-6-5(3,4)7-2;/h1-2H3,(H,3,4);/q;+1/p-1. The summed E-state index contributed by atoms with van der Waals surface area (Å²) in [4.78, 5) is 10.3. The molecule has 8 heavy (non-hydrogen) atoms. The molecule has 0 N–H and O–H groups in total. The number of hydrogen-bond acceptors (Lipinski definition) is 4. The van der Waals surface area contributed by atoms with Crippen LogP contribution in [0.4, 0.5) is 0 Å². The van der Waals surface area contributed by atoms with Crippen LogP contribution in [0.3, 0.4) is 0 Å². The monoisotopic (exact) mass is 180 g/mol. The predicted molar refractivity (Wildman–Crippen MR) is 34.6 cm³/mol. The van der Waals surface area contributed by atoms with Crippen molar-refractivity contribution >= 4 is 28.5 Å². The van der Waals surface area contributed by atoms with Gasteiger partial charge < -0.3 is 9.46 Å². The van der Waals surface area contributed by atoms with Gasteiger partial charge >= 0.3 is 29.6 Å². The van der Waals surface area contributed by atoms with Crippen LogP contribution < -0.4 is 34.5 Å². The Morgan fingerprint density at radius 2 is 1.62 bits per heavy atom. The van der Waals surface area contributed by atoms with E-state index in [0.29, 0.717) is 0 Å². The molecule has 0 atom stereocenters. The molecular weight excluding hydrogens is 174 g/mol. The van der Waals surface area contributed by atoms with E-state index in [-0.39, 0.29) is 29.6 Å². The van der Waals surface area contributed by atoms with Crippen molar-refractivity contribution in [3.05, 3.63) is 0 Å². The van der Waals surface area contributed by atoms with Crippen molar-refractivity contribution in [1.29, 1.82) is 0 Å². The Morgan fingerprint density at radius 3 is 1.62 bits per heavy atom. The van der Waals surface area contributed by atoms with Crippen LogP contribution in [0, 0.1) is 0 Å². The van der Waals surface area contributed by atoms with Crippen LogP contribution in [0.1, 0.15) is 0 Å². The third-order valence-electron chi connectivity index (χ3n) is 0.447. The summed E-state index contributed by atoms with van der Waals surface area (Å²) >= 11 is 1.78. The van der Waals surface area contributed by atoms with Gasteiger partial charge in [-0.05, 0) is 12.5 Å². The van der Waals surface area contributed by atoms with E-state index in [1.807, 2.05) is 0 Å². The Labute approximate surface area is 79.4 Å². The second-order valence-electron chi connectivity index (χ2n) is 0.812. The maximum Gasteiger partial charge on any atom is 1.00 e. The average molecular weight is 180 g/mol. The molecular formula is C2H6NaO2PS2. The van der Waals surface area contributed by atoms with Gasteiger partial charge in [-0.25, -0.2) is 0 Å². The van der Waals surface area contributed by atoms with Gasteiger partial charge in [0.15, 0.2) is 0 Å². The molecule has 0 spiro atoms. The first-order valence-electron chi connectivity index (χ1n) is 1.55. The van der Waals surface area contributed by atoms with Gasteiger partial charge in [-0.3, -0.25) is 0 Å². The van der Waals surface area contributed by atoms with Gasteiger partial charge in [0, 0.05) is 0 Å². The van der Waals surface area contributed by atoms with Gasteiger partial charge in [-0.2, -0.15) is 0 Å². The molecule has 0 aromatic carbocycles. The van der Waals surface area contributed by atoms with Gasteiger partial charge in [0.25, 0.3) is 0 Å². The maximum absolute atomic E-state index is 10.3. The van der Waals surface area contributed by atoms with Crippen LogP contribution in [-0.2, 0) is 4.57 Å². The second kappa shape index (κ2) is 5.66. The molecule has 0 fully saturated rings. The second-order valence-corrected chi connectivity index (χ2v) is 8.21. The largest absolute Gasteiger partial charge is 1.00 e. The summed E-state index contributed by atoms with van der Waals surface area (Å²) in [5.74, 6) is -3.07. The van der Waals surface area contributed by atoms with Crippen molar-refractivity contribution in [3.8, 4) is 0 Å². The van der Waals surface area contributed by atoms with Crippen molar-refractivity contribution in [3.63, 3.8) is 0 Å². The van der Waals surface area contributed by atoms with Crippen molar-refractivity contribution in [2.75, 3.05) is 12.5 Å². The molecule has 0 bridgehead atoms. The summed E-state index contributed by atoms with van der Waals surface area (Å²) in [5.41, 5.74) is 0. The molecule has 0 radical (unpaired) electrons. The summed E-state index contributed by atoms with van der Waals surface area (Å²) in [6, 6.07) is 0. The molecule has 2 nitrogen and oxygen atoms in total. The number of hydrogen-bond donors (Lipinski definition) is 0. The maximum atomic E-state index is 10.3. The fraction of sp³-hybridized carbons (Fsp3) is 1.00. The summed E-state index contributed by atoms with van der Waals surface area (Å²) in [6.45, 7) is 0. The van der Waals surface area contributed by atoms with Gasteiger partial charge in [0.2, 0.25) is 0 Å². The van der Waals surface area contributed by atoms with E-state index in [1.165, 1.54) is 0 Å². The fourth-order valence-corrected chi connectivity index (χ4v) is 2.01. The van der Waals surface area contributed by atoms with E-state index in [0.717, 1.165) is 22.8 Å². The minimum Gasteiger partial charge on any atom is -0.784 e. The average Bonchev–Trinajstić information content (AvgIpc) is 1.68. The quantitative estimate of drug-likeness (QED) is 0.371. The van der Waals surface area contributed by atoms with E-state index >= 15 is 0 Å². The molecule has 0 amide bonds. The van der Waals surface area contributed by atoms with Crippen LogP contribution in [0.5, 0.6) is 0 Å². The van der Waals surface area contributed by atoms with E-state index in [1.54, 1.807) is 12.5 Å². The zero-order valence-corrected chi connectivity index (χ0v) is 9.61. The Bertz CT molecular complexity index is 90.0. The van der Waals surface area contributed by atoms with Crippen molar-refractivity contribution in [2.24, 2.45) is 0 Å². The van der Waals surface area contributed by atoms with E-state index in [2.05, 4.69) is 0 Å². The summed E-state index contributed by atoms with van der Waals surface area (Å²) in [6.07, 6.45) is 3.12. The molecule has 0 aromatic rings. The summed E-state index contributed by atoms with van der Waals surface area (Å²) in [7, 11) is 0. The minimum atomic E-state index is -3.07. The van der Waals surface area contributed by atoms with Crippen LogP contribution >= 0.6 is 28.5 Å². The first-order chi connectivity index (χ1) is 3.12. The van der Waals surface area contributed by atoms with E-state index in [9.17, 15) is 9.46 Å². The molecule has 0 rings (SSSR count). The topological polar surface area (TPSA) is 40.1 Å². The van der Waals surface area contributed by atoms with Crippen LogP contribution in [0.25, 0.3) is 0 Å². The third-order valence-corrected chi connectivity index (χ3v) is 6.71.